The van der Waals surface area contributed by atoms with E-state index in [-0.39, 0.29) is 5.56 Å². The first-order valence-corrected chi connectivity index (χ1v) is 4.67. The SMILES string of the molecule is N#Cc1cc(F)ccc1-c1ccccc1F. The van der Waals surface area contributed by atoms with Crippen molar-refractivity contribution in [1.29, 1.82) is 5.26 Å². The zero-order valence-corrected chi connectivity index (χ0v) is 8.24. The molecule has 0 aliphatic carbocycles. The lowest BCUT2D eigenvalue weighted by atomic mass is 10.00. The first-order valence-electron chi connectivity index (χ1n) is 4.67. The molecular weight excluding hydrogens is 208 g/mol. The van der Waals surface area contributed by atoms with Crippen LogP contribution in [0.15, 0.2) is 42.5 Å². The molecule has 0 saturated heterocycles. The van der Waals surface area contributed by atoms with Gasteiger partial charge in [0.15, 0.2) is 0 Å². The van der Waals surface area contributed by atoms with E-state index in [0.29, 0.717) is 11.1 Å². The number of nitrogens with zero attached hydrogens (tertiary/aromatic N) is 1. The summed E-state index contributed by atoms with van der Waals surface area (Å²) >= 11 is 0. The first kappa shape index (κ1) is 10.3. The average molecular weight is 215 g/mol. The van der Waals surface area contributed by atoms with Crippen LogP contribution in [0.1, 0.15) is 5.56 Å². The third kappa shape index (κ3) is 1.78. The molecule has 0 N–H and O–H groups in total. The van der Waals surface area contributed by atoms with Crippen molar-refractivity contribution >= 4 is 0 Å². The Morgan fingerprint density at radius 3 is 2.38 bits per heavy atom. The minimum atomic E-state index is -0.503. The van der Waals surface area contributed by atoms with Gasteiger partial charge in [0.1, 0.15) is 11.6 Å². The van der Waals surface area contributed by atoms with E-state index in [0.717, 1.165) is 6.07 Å². The van der Waals surface area contributed by atoms with E-state index in [4.69, 9.17) is 5.26 Å². The minimum Gasteiger partial charge on any atom is -0.207 e. The summed E-state index contributed by atoms with van der Waals surface area (Å²) in [7, 11) is 0. The van der Waals surface area contributed by atoms with Gasteiger partial charge in [0.2, 0.25) is 0 Å². The Labute approximate surface area is 91.6 Å². The lowest BCUT2D eigenvalue weighted by Crippen LogP contribution is -1.89. The fourth-order valence-electron chi connectivity index (χ4n) is 1.52. The van der Waals surface area contributed by atoms with Crippen molar-refractivity contribution in [2.45, 2.75) is 0 Å². The van der Waals surface area contributed by atoms with Crippen molar-refractivity contribution in [3.05, 3.63) is 59.7 Å². The average Bonchev–Trinajstić information content (AvgIpc) is 2.30. The maximum Gasteiger partial charge on any atom is 0.131 e. The van der Waals surface area contributed by atoms with Gasteiger partial charge in [0, 0.05) is 11.1 Å². The lowest BCUT2D eigenvalue weighted by Gasteiger charge is -2.05. The van der Waals surface area contributed by atoms with E-state index >= 15 is 0 Å². The zero-order chi connectivity index (χ0) is 11.5. The van der Waals surface area contributed by atoms with E-state index in [1.54, 1.807) is 18.2 Å². The molecule has 0 atom stereocenters. The molecule has 0 aliphatic rings. The van der Waals surface area contributed by atoms with E-state index < -0.39 is 11.6 Å². The molecule has 0 unspecified atom stereocenters. The molecule has 0 amide bonds. The molecule has 16 heavy (non-hydrogen) atoms. The molecule has 2 aromatic carbocycles. The Bertz CT molecular complexity index is 570. The van der Waals surface area contributed by atoms with Crippen LogP contribution in [0, 0.1) is 23.0 Å². The Morgan fingerprint density at radius 2 is 1.69 bits per heavy atom. The molecule has 0 heterocycles. The van der Waals surface area contributed by atoms with Crippen LogP contribution in [0.5, 0.6) is 0 Å². The highest BCUT2D eigenvalue weighted by Gasteiger charge is 2.09. The highest BCUT2D eigenvalue weighted by atomic mass is 19.1. The van der Waals surface area contributed by atoms with Crippen LogP contribution in [0.2, 0.25) is 0 Å². The molecule has 0 bridgehead atoms. The van der Waals surface area contributed by atoms with Crippen LogP contribution in [0.3, 0.4) is 0 Å². The van der Waals surface area contributed by atoms with Gasteiger partial charge in [-0.3, -0.25) is 0 Å². The van der Waals surface area contributed by atoms with Crippen LogP contribution in [0.4, 0.5) is 8.78 Å². The molecule has 0 aliphatic heterocycles. The van der Waals surface area contributed by atoms with Gasteiger partial charge in [-0.25, -0.2) is 8.78 Å². The number of hydrogen-bond acceptors (Lipinski definition) is 1. The Hall–Kier alpha value is -2.21. The summed E-state index contributed by atoms with van der Waals surface area (Å²) < 4.78 is 26.4. The molecule has 0 fully saturated rings. The predicted molar refractivity (Wildman–Crippen MR) is 56.5 cm³/mol. The van der Waals surface area contributed by atoms with Gasteiger partial charge in [0.05, 0.1) is 11.6 Å². The van der Waals surface area contributed by atoms with Crippen LogP contribution < -0.4 is 0 Å². The van der Waals surface area contributed by atoms with Gasteiger partial charge in [-0.05, 0) is 18.2 Å². The molecule has 0 aromatic heterocycles. The fraction of sp³-hybridized carbons (Fsp3) is 0. The summed E-state index contributed by atoms with van der Waals surface area (Å²) in [6, 6.07) is 11.7. The van der Waals surface area contributed by atoms with Gasteiger partial charge in [-0.2, -0.15) is 5.26 Å². The smallest absolute Gasteiger partial charge is 0.131 e. The van der Waals surface area contributed by atoms with Crippen molar-refractivity contribution in [2.24, 2.45) is 0 Å². The van der Waals surface area contributed by atoms with Crippen LogP contribution >= 0.6 is 0 Å². The topological polar surface area (TPSA) is 23.8 Å². The van der Waals surface area contributed by atoms with E-state index in [1.807, 2.05) is 6.07 Å². The Kier molecular flexibility index (Phi) is 2.65. The van der Waals surface area contributed by atoms with Gasteiger partial charge in [-0.1, -0.05) is 24.3 Å². The second-order valence-corrected chi connectivity index (χ2v) is 3.28. The second kappa shape index (κ2) is 4.11. The molecule has 0 spiro atoms. The minimum absolute atomic E-state index is 0.130. The van der Waals surface area contributed by atoms with Crippen LogP contribution in [-0.2, 0) is 0 Å². The van der Waals surface area contributed by atoms with E-state index in [1.165, 1.54) is 18.2 Å². The Morgan fingerprint density at radius 1 is 0.938 bits per heavy atom. The number of nitriles is 1. The Balaban J connectivity index is 2.66. The fourth-order valence-corrected chi connectivity index (χ4v) is 1.52. The van der Waals surface area contributed by atoms with Gasteiger partial charge in [-0.15, -0.1) is 0 Å². The molecule has 78 valence electrons. The van der Waals surface area contributed by atoms with Gasteiger partial charge >= 0.3 is 0 Å². The predicted octanol–water partition coefficient (Wildman–Crippen LogP) is 3.50. The summed E-state index contributed by atoms with van der Waals surface area (Å²) in [5.74, 6) is -0.928. The highest BCUT2D eigenvalue weighted by Crippen LogP contribution is 2.26. The van der Waals surface area contributed by atoms with Crippen molar-refractivity contribution in [2.75, 3.05) is 0 Å². The van der Waals surface area contributed by atoms with E-state index in [9.17, 15) is 8.78 Å². The standard InChI is InChI=1S/C13H7F2N/c14-10-5-6-11(9(7-10)8-16)12-3-1-2-4-13(12)15/h1-7H. The van der Waals surface area contributed by atoms with Crippen molar-refractivity contribution < 1.29 is 8.78 Å². The number of benzene rings is 2. The summed E-state index contributed by atoms with van der Waals surface area (Å²) in [5, 5.41) is 8.86. The van der Waals surface area contributed by atoms with Gasteiger partial charge < -0.3 is 0 Å². The number of rotatable bonds is 1. The highest BCUT2D eigenvalue weighted by molar-refractivity contribution is 5.70. The van der Waals surface area contributed by atoms with Crippen molar-refractivity contribution in [1.82, 2.24) is 0 Å². The maximum atomic E-state index is 13.5. The number of hydrogen-bond donors (Lipinski definition) is 0. The summed E-state index contributed by atoms with van der Waals surface area (Å²) in [5.41, 5.74) is 0.839. The third-order valence-corrected chi connectivity index (χ3v) is 2.27. The molecule has 1 nitrogen and oxygen atoms in total. The zero-order valence-electron chi connectivity index (χ0n) is 8.24. The molecule has 3 heteroatoms. The van der Waals surface area contributed by atoms with E-state index in [2.05, 4.69) is 0 Å². The summed E-state index contributed by atoms with van der Waals surface area (Å²) in [4.78, 5) is 0. The van der Waals surface area contributed by atoms with Crippen molar-refractivity contribution in [3.8, 4) is 17.2 Å². The second-order valence-electron chi connectivity index (χ2n) is 3.28. The third-order valence-electron chi connectivity index (χ3n) is 2.27. The molecule has 0 radical (unpaired) electrons. The lowest BCUT2D eigenvalue weighted by molar-refractivity contribution is 0.625. The maximum absolute atomic E-state index is 13.5. The molecule has 2 rings (SSSR count). The normalized spacial score (nSPS) is 9.81. The monoisotopic (exact) mass is 215 g/mol. The molecule has 2 aromatic rings. The van der Waals surface area contributed by atoms with Crippen LogP contribution in [0.25, 0.3) is 11.1 Å². The summed E-state index contributed by atoms with van der Waals surface area (Å²) in [6.45, 7) is 0. The molecule has 0 saturated carbocycles. The van der Waals surface area contributed by atoms with Gasteiger partial charge in [0.25, 0.3) is 0 Å². The number of halogens is 2. The summed E-state index contributed by atoms with van der Waals surface area (Å²) in [6.07, 6.45) is 0. The van der Waals surface area contributed by atoms with Crippen molar-refractivity contribution in [3.63, 3.8) is 0 Å². The first-order chi connectivity index (χ1) is 7.72. The largest absolute Gasteiger partial charge is 0.207 e. The molecular formula is C13H7F2N. The quantitative estimate of drug-likeness (QED) is 0.714. The van der Waals surface area contributed by atoms with Crippen LogP contribution in [-0.4, -0.2) is 0 Å².